The summed E-state index contributed by atoms with van der Waals surface area (Å²) in [4.78, 5) is 30.1. The van der Waals surface area contributed by atoms with Gasteiger partial charge in [-0.2, -0.15) is 0 Å². The fourth-order valence-electron chi connectivity index (χ4n) is 2.69. The molecular weight excluding hydrogens is 397 g/mol. The third kappa shape index (κ3) is 4.35. The third-order valence-corrected chi connectivity index (χ3v) is 5.72. The number of carbonyl (C=O) groups excluding carboxylic acids is 2. The number of likely N-dealkylation sites (tertiary alicyclic amines) is 1. The normalized spacial score (nSPS) is 16.3. The number of benzene rings is 1. The molecule has 0 bridgehead atoms. The molecule has 138 valence electrons. The predicted octanol–water partition coefficient (Wildman–Crippen LogP) is 3.69. The van der Waals surface area contributed by atoms with E-state index in [0.29, 0.717) is 22.4 Å². The molecule has 1 unspecified atom stereocenters. The monoisotopic (exact) mass is 413 g/mol. The summed E-state index contributed by atoms with van der Waals surface area (Å²) in [6, 6.07) is 5.20. The molecule has 6 nitrogen and oxygen atoms in total. The summed E-state index contributed by atoms with van der Waals surface area (Å²) >= 11 is 13.4. The van der Waals surface area contributed by atoms with Gasteiger partial charge >= 0.3 is 0 Å². The Morgan fingerprint density at radius 2 is 2.19 bits per heavy atom. The zero-order chi connectivity index (χ0) is 18.7. The van der Waals surface area contributed by atoms with Crippen LogP contribution in [-0.2, 0) is 14.3 Å². The second-order valence-electron chi connectivity index (χ2n) is 5.88. The first kappa shape index (κ1) is 19.1. The van der Waals surface area contributed by atoms with Gasteiger partial charge in [0.05, 0.1) is 10.0 Å². The number of hydrogen-bond acceptors (Lipinski definition) is 5. The van der Waals surface area contributed by atoms with E-state index in [-0.39, 0.29) is 30.9 Å². The van der Waals surface area contributed by atoms with Crippen molar-refractivity contribution < 1.29 is 14.3 Å². The Morgan fingerprint density at radius 3 is 2.85 bits per heavy atom. The van der Waals surface area contributed by atoms with E-state index < -0.39 is 0 Å². The van der Waals surface area contributed by atoms with Gasteiger partial charge in [0.2, 0.25) is 11.8 Å². The summed E-state index contributed by atoms with van der Waals surface area (Å²) in [5.74, 6) is 0.221. The third-order valence-electron chi connectivity index (χ3n) is 4.09. The van der Waals surface area contributed by atoms with Crippen molar-refractivity contribution in [2.24, 2.45) is 0 Å². The maximum absolute atomic E-state index is 12.2. The van der Waals surface area contributed by atoms with E-state index in [1.165, 1.54) is 18.4 Å². The molecule has 2 aromatic rings. The summed E-state index contributed by atoms with van der Waals surface area (Å²) in [6.45, 7) is 0.704. The maximum atomic E-state index is 12.2. The second-order valence-corrected chi connectivity index (χ2v) is 7.55. The number of halogens is 2. The molecule has 1 fully saturated rings. The SMILES string of the molecule is COCC(=O)N1CCC1CC(=O)Nc1csc(-c2ccc(Cl)c(Cl)c2)n1. The number of nitrogens with one attached hydrogen (secondary N) is 1. The van der Waals surface area contributed by atoms with E-state index in [0.717, 1.165) is 17.0 Å². The average Bonchev–Trinajstić information content (AvgIpc) is 3.03. The Labute approximate surface area is 165 Å². The molecule has 0 aliphatic carbocycles. The van der Waals surface area contributed by atoms with Gasteiger partial charge in [0.25, 0.3) is 0 Å². The number of anilines is 1. The van der Waals surface area contributed by atoms with Gasteiger partial charge in [-0.3, -0.25) is 9.59 Å². The van der Waals surface area contributed by atoms with Crippen molar-refractivity contribution in [3.8, 4) is 10.6 Å². The number of ether oxygens (including phenoxy) is 1. The topological polar surface area (TPSA) is 71.5 Å². The van der Waals surface area contributed by atoms with Crippen LogP contribution in [0.1, 0.15) is 12.8 Å². The van der Waals surface area contributed by atoms with Crippen molar-refractivity contribution in [1.82, 2.24) is 9.88 Å². The number of amides is 2. The second kappa shape index (κ2) is 8.35. The molecule has 9 heteroatoms. The Hall–Kier alpha value is -1.67. The quantitative estimate of drug-likeness (QED) is 0.783. The Morgan fingerprint density at radius 1 is 1.38 bits per heavy atom. The van der Waals surface area contributed by atoms with Crippen molar-refractivity contribution in [2.45, 2.75) is 18.9 Å². The van der Waals surface area contributed by atoms with Crippen LogP contribution >= 0.6 is 34.5 Å². The van der Waals surface area contributed by atoms with Crippen molar-refractivity contribution in [3.63, 3.8) is 0 Å². The minimum atomic E-state index is -0.170. The van der Waals surface area contributed by atoms with Crippen LogP contribution < -0.4 is 5.32 Å². The fraction of sp³-hybridized carbons (Fsp3) is 0.353. The van der Waals surface area contributed by atoms with Crippen LogP contribution in [0.4, 0.5) is 5.82 Å². The van der Waals surface area contributed by atoms with Gasteiger partial charge in [-0.1, -0.05) is 29.3 Å². The lowest BCUT2D eigenvalue weighted by Crippen LogP contribution is -2.53. The lowest BCUT2D eigenvalue weighted by atomic mass is 9.99. The van der Waals surface area contributed by atoms with E-state index in [2.05, 4.69) is 10.3 Å². The molecule has 0 spiro atoms. The Balaban J connectivity index is 1.58. The van der Waals surface area contributed by atoms with Crippen LogP contribution in [0, 0.1) is 0 Å². The number of rotatable bonds is 6. The molecule has 1 saturated heterocycles. The van der Waals surface area contributed by atoms with Crippen molar-refractivity contribution in [2.75, 3.05) is 25.6 Å². The van der Waals surface area contributed by atoms with Gasteiger partial charge in [-0.25, -0.2) is 4.98 Å². The van der Waals surface area contributed by atoms with Crippen LogP contribution in [0.15, 0.2) is 23.6 Å². The van der Waals surface area contributed by atoms with Crippen molar-refractivity contribution in [3.05, 3.63) is 33.6 Å². The van der Waals surface area contributed by atoms with E-state index in [1.807, 2.05) is 6.07 Å². The van der Waals surface area contributed by atoms with Gasteiger partial charge in [0.15, 0.2) is 0 Å². The average molecular weight is 414 g/mol. The van der Waals surface area contributed by atoms with Crippen LogP contribution in [-0.4, -0.2) is 48.0 Å². The number of methoxy groups -OCH3 is 1. The standard InChI is InChI=1S/C17H17Cl2N3O3S/c1-25-8-16(24)22-5-4-11(22)7-15(23)20-14-9-26-17(21-14)10-2-3-12(18)13(19)6-10/h2-3,6,9,11H,4-5,7-8H2,1H3,(H,20,23). The predicted molar refractivity (Wildman–Crippen MR) is 103 cm³/mol. The lowest BCUT2D eigenvalue weighted by molar-refractivity contribution is -0.143. The number of hydrogen-bond donors (Lipinski definition) is 1. The minimum absolute atomic E-state index is 0.0389. The molecule has 26 heavy (non-hydrogen) atoms. The molecular formula is C17H17Cl2N3O3S. The molecule has 1 aromatic heterocycles. The molecule has 1 aromatic carbocycles. The van der Waals surface area contributed by atoms with Crippen LogP contribution in [0.25, 0.3) is 10.6 Å². The van der Waals surface area contributed by atoms with Crippen molar-refractivity contribution >= 4 is 52.2 Å². The molecule has 0 saturated carbocycles. The largest absolute Gasteiger partial charge is 0.375 e. The molecule has 1 atom stereocenters. The smallest absolute Gasteiger partial charge is 0.248 e. The van der Waals surface area contributed by atoms with Crippen molar-refractivity contribution in [1.29, 1.82) is 0 Å². The van der Waals surface area contributed by atoms with Gasteiger partial charge in [0, 0.05) is 37.1 Å². The van der Waals surface area contributed by atoms with Crippen LogP contribution in [0.5, 0.6) is 0 Å². The lowest BCUT2D eigenvalue weighted by Gasteiger charge is -2.40. The molecule has 0 radical (unpaired) electrons. The van der Waals surface area contributed by atoms with E-state index >= 15 is 0 Å². The summed E-state index contributed by atoms with van der Waals surface area (Å²) in [7, 11) is 1.48. The van der Waals surface area contributed by atoms with Crippen LogP contribution in [0.2, 0.25) is 10.0 Å². The number of carbonyl (C=O) groups is 2. The highest BCUT2D eigenvalue weighted by Gasteiger charge is 2.33. The van der Waals surface area contributed by atoms with E-state index in [4.69, 9.17) is 27.9 Å². The highest BCUT2D eigenvalue weighted by Crippen LogP contribution is 2.31. The van der Waals surface area contributed by atoms with E-state index in [1.54, 1.807) is 22.4 Å². The summed E-state index contributed by atoms with van der Waals surface area (Å²) in [5, 5.41) is 6.22. The first-order valence-electron chi connectivity index (χ1n) is 7.97. The zero-order valence-corrected chi connectivity index (χ0v) is 16.3. The minimum Gasteiger partial charge on any atom is -0.375 e. The van der Waals surface area contributed by atoms with E-state index in [9.17, 15) is 9.59 Å². The first-order chi connectivity index (χ1) is 12.5. The number of nitrogens with zero attached hydrogens (tertiary/aromatic N) is 2. The van der Waals surface area contributed by atoms with Gasteiger partial charge in [-0.15, -0.1) is 11.3 Å². The first-order valence-corrected chi connectivity index (χ1v) is 9.60. The Bertz CT molecular complexity index is 827. The number of aromatic nitrogens is 1. The van der Waals surface area contributed by atoms with Gasteiger partial charge in [0.1, 0.15) is 17.4 Å². The molecule has 2 heterocycles. The zero-order valence-electron chi connectivity index (χ0n) is 14.0. The Kier molecular flexibility index (Phi) is 6.13. The number of thiazole rings is 1. The molecule has 3 rings (SSSR count). The van der Waals surface area contributed by atoms with Gasteiger partial charge < -0.3 is 15.0 Å². The summed E-state index contributed by atoms with van der Waals surface area (Å²) in [5.41, 5.74) is 0.834. The summed E-state index contributed by atoms with van der Waals surface area (Å²) < 4.78 is 4.85. The highest BCUT2D eigenvalue weighted by molar-refractivity contribution is 7.13. The fourth-order valence-corrected chi connectivity index (χ4v) is 3.74. The molecule has 2 amide bonds. The highest BCUT2D eigenvalue weighted by atomic mass is 35.5. The molecule has 1 aliphatic heterocycles. The van der Waals surface area contributed by atoms with Crippen LogP contribution in [0.3, 0.4) is 0 Å². The molecule has 1 aliphatic rings. The maximum Gasteiger partial charge on any atom is 0.248 e. The van der Waals surface area contributed by atoms with Gasteiger partial charge in [-0.05, 0) is 18.6 Å². The molecule has 1 N–H and O–H groups in total. The summed E-state index contributed by atoms with van der Waals surface area (Å²) in [6.07, 6.45) is 1.06.